The third kappa shape index (κ3) is 3.40. The van der Waals surface area contributed by atoms with Crippen LogP contribution in [0, 0.1) is 0 Å². The summed E-state index contributed by atoms with van der Waals surface area (Å²) in [4.78, 5) is 0. The number of hydrogen-bond donors (Lipinski definition) is 1. The summed E-state index contributed by atoms with van der Waals surface area (Å²) in [5.41, 5.74) is 0. The zero-order chi connectivity index (χ0) is 6.53. The summed E-state index contributed by atoms with van der Waals surface area (Å²) in [5, 5.41) is 3.37. The number of nitrogens with one attached hydrogen (secondary N) is 1. The van der Waals surface area contributed by atoms with Gasteiger partial charge >= 0.3 is 0 Å². The number of rotatable bonds is 3. The van der Waals surface area contributed by atoms with Gasteiger partial charge in [-0.1, -0.05) is 0 Å². The molecule has 3 heteroatoms. The topological polar surface area (TPSA) is 21.3 Å². The molecule has 0 bridgehead atoms. The molecule has 0 aromatic rings. The normalized spacial score (nSPS) is 24.3. The molecule has 1 heterocycles. The van der Waals surface area contributed by atoms with Crippen LogP contribution in [0.3, 0.4) is 0 Å². The maximum atomic E-state index is 5.25. The molecule has 1 fully saturated rings. The number of ether oxygens (including phenoxy) is 1. The van der Waals surface area contributed by atoms with Gasteiger partial charge in [0.25, 0.3) is 0 Å². The van der Waals surface area contributed by atoms with Crippen molar-refractivity contribution in [2.24, 2.45) is 0 Å². The second-order valence-corrected chi connectivity index (χ2v) is 2.45. The van der Waals surface area contributed by atoms with E-state index >= 15 is 0 Å². The van der Waals surface area contributed by atoms with Crippen molar-refractivity contribution in [3.8, 4) is 0 Å². The first-order chi connectivity index (χ1) is 4.43. The highest BCUT2D eigenvalue weighted by molar-refractivity contribution is 5.85. The average Bonchev–Trinajstić information content (AvgIpc) is 2.34. The summed E-state index contributed by atoms with van der Waals surface area (Å²) in [6, 6.07) is 0.643. The molecule has 0 amide bonds. The lowest BCUT2D eigenvalue weighted by Crippen LogP contribution is -2.26. The smallest absolute Gasteiger partial charge is 0.0619 e. The van der Waals surface area contributed by atoms with Gasteiger partial charge < -0.3 is 10.1 Å². The minimum atomic E-state index is 0. The molecule has 0 aromatic heterocycles. The Morgan fingerprint density at radius 2 is 2.40 bits per heavy atom. The molecule has 1 saturated heterocycles. The van der Waals surface area contributed by atoms with Crippen LogP contribution in [0.25, 0.3) is 0 Å². The summed E-state index contributed by atoms with van der Waals surface area (Å²) in [5.74, 6) is 0. The number of halogens is 1. The van der Waals surface area contributed by atoms with Crippen molar-refractivity contribution in [1.82, 2.24) is 5.32 Å². The molecule has 0 aromatic carbocycles. The van der Waals surface area contributed by atoms with Gasteiger partial charge in [0.2, 0.25) is 0 Å². The summed E-state index contributed by atoms with van der Waals surface area (Å²) < 4.78 is 5.25. The van der Waals surface area contributed by atoms with Crippen LogP contribution < -0.4 is 5.32 Å². The molecule has 1 rings (SSSR count). The van der Waals surface area contributed by atoms with Gasteiger partial charge in [0, 0.05) is 12.6 Å². The van der Waals surface area contributed by atoms with Gasteiger partial charge in [-0.2, -0.15) is 0 Å². The molecule has 0 aliphatic carbocycles. The van der Waals surface area contributed by atoms with E-state index in [0.29, 0.717) is 6.04 Å². The summed E-state index contributed by atoms with van der Waals surface area (Å²) in [6.07, 6.45) is 2.61. The number of hydrogen-bond acceptors (Lipinski definition) is 2. The van der Waals surface area contributed by atoms with E-state index in [-0.39, 0.29) is 12.4 Å². The second-order valence-electron chi connectivity index (χ2n) is 2.45. The van der Waals surface area contributed by atoms with Gasteiger partial charge in [-0.3, -0.25) is 0 Å². The standard InChI is InChI=1S/C7H15NO.ClH/c1-2-9-6-7-4-3-5-8-7;/h7-8H,2-6H2,1H3;1H/t7-;/m0./s1. The fraction of sp³-hybridized carbons (Fsp3) is 1.00. The molecule has 0 spiro atoms. The molecule has 1 atom stereocenters. The minimum absolute atomic E-state index is 0. The van der Waals surface area contributed by atoms with Crippen LogP contribution in [-0.4, -0.2) is 25.8 Å². The lowest BCUT2D eigenvalue weighted by atomic mass is 10.2. The zero-order valence-electron chi connectivity index (χ0n) is 6.43. The molecule has 2 nitrogen and oxygen atoms in total. The molecule has 1 N–H and O–H groups in total. The maximum absolute atomic E-state index is 5.25. The maximum Gasteiger partial charge on any atom is 0.0619 e. The van der Waals surface area contributed by atoms with Crippen LogP contribution >= 0.6 is 12.4 Å². The quantitative estimate of drug-likeness (QED) is 0.679. The van der Waals surface area contributed by atoms with Crippen LogP contribution in [0.4, 0.5) is 0 Å². The molecular formula is C7H16ClNO. The molecule has 1 aliphatic heterocycles. The molecule has 10 heavy (non-hydrogen) atoms. The van der Waals surface area contributed by atoms with E-state index in [4.69, 9.17) is 4.74 Å². The van der Waals surface area contributed by atoms with E-state index in [0.717, 1.165) is 13.2 Å². The first-order valence-corrected chi connectivity index (χ1v) is 3.74. The molecule has 0 unspecified atom stereocenters. The van der Waals surface area contributed by atoms with Crippen molar-refractivity contribution < 1.29 is 4.74 Å². The highest BCUT2D eigenvalue weighted by Crippen LogP contribution is 2.04. The Morgan fingerprint density at radius 3 is 2.90 bits per heavy atom. The second kappa shape index (κ2) is 5.96. The van der Waals surface area contributed by atoms with Gasteiger partial charge in [0.1, 0.15) is 0 Å². The molecule has 0 saturated carbocycles. The van der Waals surface area contributed by atoms with Gasteiger partial charge in [-0.15, -0.1) is 12.4 Å². The van der Waals surface area contributed by atoms with Gasteiger partial charge in [-0.25, -0.2) is 0 Å². The first-order valence-electron chi connectivity index (χ1n) is 3.74. The van der Waals surface area contributed by atoms with Crippen molar-refractivity contribution >= 4 is 12.4 Å². The van der Waals surface area contributed by atoms with E-state index < -0.39 is 0 Å². The fourth-order valence-electron chi connectivity index (χ4n) is 1.16. The van der Waals surface area contributed by atoms with Gasteiger partial charge in [0.05, 0.1) is 6.61 Å². The van der Waals surface area contributed by atoms with E-state index in [2.05, 4.69) is 5.32 Å². The lowest BCUT2D eigenvalue weighted by molar-refractivity contribution is 0.128. The first kappa shape index (κ1) is 10.2. The van der Waals surface area contributed by atoms with Crippen molar-refractivity contribution in [3.63, 3.8) is 0 Å². The largest absolute Gasteiger partial charge is 0.380 e. The van der Waals surface area contributed by atoms with Crippen molar-refractivity contribution in [2.45, 2.75) is 25.8 Å². The van der Waals surface area contributed by atoms with Crippen molar-refractivity contribution in [1.29, 1.82) is 0 Å². The zero-order valence-corrected chi connectivity index (χ0v) is 7.25. The van der Waals surface area contributed by atoms with Gasteiger partial charge in [0.15, 0.2) is 0 Å². The third-order valence-corrected chi connectivity index (χ3v) is 1.69. The Morgan fingerprint density at radius 1 is 1.60 bits per heavy atom. The predicted octanol–water partition coefficient (Wildman–Crippen LogP) is 1.20. The van der Waals surface area contributed by atoms with Crippen LogP contribution in [0.15, 0.2) is 0 Å². The van der Waals surface area contributed by atoms with E-state index in [1.165, 1.54) is 19.4 Å². The predicted molar refractivity (Wildman–Crippen MR) is 44.8 cm³/mol. The summed E-state index contributed by atoms with van der Waals surface area (Å²) in [6.45, 7) is 4.96. The Bertz CT molecular complexity index is 74.0. The highest BCUT2D eigenvalue weighted by atomic mass is 35.5. The third-order valence-electron chi connectivity index (χ3n) is 1.69. The molecule has 62 valence electrons. The Balaban J connectivity index is 0.000000810. The molecular weight excluding hydrogens is 150 g/mol. The Hall–Kier alpha value is 0.210. The highest BCUT2D eigenvalue weighted by Gasteiger charge is 2.12. The Kier molecular flexibility index (Phi) is 6.08. The van der Waals surface area contributed by atoms with Crippen LogP contribution in [-0.2, 0) is 4.74 Å². The van der Waals surface area contributed by atoms with Crippen LogP contribution in [0.1, 0.15) is 19.8 Å². The van der Waals surface area contributed by atoms with E-state index in [9.17, 15) is 0 Å². The summed E-state index contributed by atoms with van der Waals surface area (Å²) in [7, 11) is 0. The summed E-state index contributed by atoms with van der Waals surface area (Å²) >= 11 is 0. The monoisotopic (exact) mass is 165 g/mol. The van der Waals surface area contributed by atoms with E-state index in [1.54, 1.807) is 0 Å². The SMILES string of the molecule is CCOC[C@@H]1CCCN1.Cl. The van der Waals surface area contributed by atoms with Crippen LogP contribution in [0.5, 0.6) is 0 Å². The van der Waals surface area contributed by atoms with Crippen molar-refractivity contribution in [3.05, 3.63) is 0 Å². The fourth-order valence-corrected chi connectivity index (χ4v) is 1.16. The van der Waals surface area contributed by atoms with E-state index in [1.807, 2.05) is 6.92 Å². The average molecular weight is 166 g/mol. The van der Waals surface area contributed by atoms with Crippen molar-refractivity contribution in [2.75, 3.05) is 19.8 Å². The minimum Gasteiger partial charge on any atom is -0.380 e. The molecule has 1 aliphatic rings. The van der Waals surface area contributed by atoms with Crippen LogP contribution in [0.2, 0.25) is 0 Å². The molecule has 0 radical (unpaired) electrons. The van der Waals surface area contributed by atoms with Gasteiger partial charge in [-0.05, 0) is 26.3 Å². The Labute approximate surface area is 68.7 Å². The lowest BCUT2D eigenvalue weighted by Gasteiger charge is -2.08.